The molecular formula is C43H54N12O17. The highest BCUT2D eigenvalue weighted by molar-refractivity contribution is 5.99. The summed E-state index contributed by atoms with van der Waals surface area (Å²) in [5, 5.41) is 57.3. The van der Waals surface area contributed by atoms with Crippen molar-refractivity contribution in [3.8, 4) is 0 Å². The predicted molar refractivity (Wildman–Crippen MR) is 247 cm³/mol. The molecule has 29 heteroatoms. The number of H-pyrrole nitrogens is 1. The van der Waals surface area contributed by atoms with Gasteiger partial charge in [0, 0.05) is 43.5 Å². The maximum absolute atomic E-state index is 13.8. The zero-order valence-electron chi connectivity index (χ0n) is 38.5. The molecule has 1 aromatic carbocycles. The number of aliphatic carboxylic acids is 5. The summed E-state index contributed by atoms with van der Waals surface area (Å²) in [4.78, 5) is 169. The number of carboxylic acids is 5. The highest BCUT2D eigenvalue weighted by atomic mass is 16.4. The van der Waals surface area contributed by atoms with Crippen LogP contribution in [0.1, 0.15) is 87.2 Å². The summed E-state index contributed by atoms with van der Waals surface area (Å²) in [7, 11) is 0. The first kappa shape index (κ1) is 57.4. The van der Waals surface area contributed by atoms with Crippen LogP contribution in [0.15, 0.2) is 40.2 Å². The number of fused-ring (bicyclic) bond motifs is 1. The van der Waals surface area contributed by atoms with Crippen LogP contribution in [0.4, 0.5) is 11.6 Å². The van der Waals surface area contributed by atoms with Crippen LogP contribution in [0.3, 0.4) is 0 Å². The first-order chi connectivity index (χ1) is 33.8. The molecule has 0 aliphatic heterocycles. The Labute approximate surface area is 406 Å². The van der Waals surface area contributed by atoms with Crippen molar-refractivity contribution in [2.24, 2.45) is 34.2 Å². The summed E-state index contributed by atoms with van der Waals surface area (Å²) < 4.78 is 0. The molecule has 29 nitrogen and oxygen atoms in total. The molecule has 0 aliphatic carbocycles. The van der Waals surface area contributed by atoms with E-state index < -0.39 is 158 Å². The van der Waals surface area contributed by atoms with Crippen molar-refractivity contribution in [3.63, 3.8) is 0 Å². The molecule has 388 valence electrons. The van der Waals surface area contributed by atoms with E-state index in [1.54, 1.807) is 0 Å². The van der Waals surface area contributed by atoms with E-state index in [0.717, 1.165) is 6.92 Å². The summed E-state index contributed by atoms with van der Waals surface area (Å²) in [6, 6.07) is 0.670. The zero-order valence-corrected chi connectivity index (χ0v) is 38.5. The van der Waals surface area contributed by atoms with Gasteiger partial charge >= 0.3 is 29.8 Å². The van der Waals surface area contributed by atoms with Crippen molar-refractivity contribution in [1.82, 2.24) is 35.9 Å². The number of benzene rings is 1. The highest BCUT2D eigenvalue weighted by Crippen LogP contribution is 2.19. The molecule has 72 heavy (non-hydrogen) atoms. The third kappa shape index (κ3) is 19.2. The van der Waals surface area contributed by atoms with Gasteiger partial charge in [0.15, 0.2) is 28.7 Å². The first-order valence-corrected chi connectivity index (χ1v) is 21.8. The fourth-order valence-corrected chi connectivity index (χ4v) is 6.84. The van der Waals surface area contributed by atoms with E-state index in [9.17, 15) is 83.1 Å². The van der Waals surface area contributed by atoms with Crippen LogP contribution in [0.25, 0.3) is 11.2 Å². The minimum atomic E-state index is -1.82. The number of aromatic nitrogens is 4. The number of nitrogens with zero attached hydrogens (tertiary/aromatic N) is 4. The molecule has 0 bridgehead atoms. The van der Waals surface area contributed by atoms with Crippen LogP contribution in [0, 0.1) is 17.8 Å². The van der Waals surface area contributed by atoms with Gasteiger partial charge in [-0.3, -0.25) is 62.7 Å². The Bertz CT molecular complexity index is 2640. The first-order valence-electron chi connectivity index (χ1n) is 21.8. The molecular weight excluding hydrogens is 957 g/mol. The fraction of sp³-hybridized carbons (Fsp3) is 0.442. The molecule has 0 aliphatic rings. The Hall–Kier alpha value is -8.92. The highest BCUT2D eigenvalue weighted by Gasteiger charge is 2.35. The average Bonchev–Trinajstić information content (AvgIpc) is 3.29. The van der Waals surface area contributed by atoms with Crippen molar-refractivity contribution < 1.29 is 78.3 Å². The van der Waals surface area contributed by atoms with E-state index in [1.807, 2.05) is 0 Å². The summed E-state index contributed by atoms with van der Waals surface area (Å²) in [6.07, 6.45) is -5.52. The molecule has 6 atom stereocenters. The lowest BCUT2D eigenvalue weighted by molar-refractivity contribution is -0.145. The maximum Gasteiger partial charge on any atom is 0.326 e. The van der Waals surface area contributed by atoms with Crippen molar-refractivity contribution in [2.45, 2.75) is 95.8 Å². The molecule has 3 aromatic rings. The third-order valence-electron chi connectivity index (χ3n) is 10.6. The Morgan fingerprint density at radius 2 is 1.28 bits per heavy atom. The number of rotatable bonds is 32. The minimum absolute atomic E-state index is 0.0226. The Morgan fingerprint density at radius 1 is 0.694 bits per heavy atom. The monoisotopic (exact) mass is 1010 g/mol. The second-order valence-corrected chi connectivity index (χ2v) is 16.4. The van der Waals surface area contributed by atoms with Crippen LogP contribution < -0.4 is 44.0 Å². The molecule has 0 saturated carbocycles. The molecule has 0 fully saturated rings. The van der Waals surface area contributed by atoms with E-state index in [-0.39, 0.29) is 54.6 Å². The number of carboxylic acid groups (broad SMARTS) is 5. The zero-order chi connectivity index (χ0) is 53.8. The lowest BCUT2D eigenvalue weighted by Gasteiger charge is -2.24. The number of nitrogens with one attached hydrogen (secondary N) is 5. The number of hydrogen-bond donors (Lipinski definition) is 13. The number of aromatic amines is 1. The molecule has 2 aromatic heterocycles. The molecule has 0 radical (unpaired) electrons. The SMILES string of the molecule is C[C@H](CC(=O)[C@H](CC(=O)O)NC(=O)[C@H](CC(=O)O)CC(=O)[C@H](CCCN=C(N)N)NC(=O)[C@H](CC(=O)O)CC(=O)CC[C@H](NC(=O)c1ccc(NCc2cnc3nc(N)[nH]c(=O)c3n2)cc1)C(=O)O)C(=O)O. The van der Waals surface area contributed by atoms with Gasteiger partial charge in [0.1, 0.15) is 11.8 Å². The summed E-state index contributed by atoms with van der Waals surface area (Å²) in [6.45, 7) is 1.14. The van der Waals surface area contributed by atoms with Gasteiger partial charge in [0.2, 0.25) is 17.8 Å². The van der Waals surface area contributed by atoms with Crippen LogP contribution in [0.5, 0.6) is 0 Å². The second kappa shape index (κ2) is 27.3. The predicted octanol–water partition coefficient (Wildman–Crippen LogP) is -1.85. The molecule has 2 heterocycles. The molecule has 16 N–H and O–H groups in total. The van der Waals surface area contributed by atoms with Crippen molar-refractivity contribution in [1.29, 1.82) is 0 Å². The summed E-state index contributed by atoms with van der Waals surface area (Å²) in [5.41, 5.74) is 16.6. The summed E-state index contributed by atoms with van der Waals surface area (Å²) >= 11 is 0. The molecule has 0 saturated heterocycles. The van der Waals surface area contributed by atoms with Crippen molar-refractivity contribution in [3.05, 3.63) is 52.1 Å². The van der Waals surface area contributed by atoms with Crippen LogP contribution >= 0.6 is 0 Å². The topological polar surface area (TPSA) is 499 Å². The third-order valence-corrected chi connectivity index (χ3v) is 10.6. The Kier molecular flexibility index (Phi) is 21.8. The van der Waals surface area contributed by atoms with Gasteiger partial charge in [0.05, 0.1) is 67.5 Å². The van der Waals surface area contributed by atoms with Crippen LogP contribution in [-0.4, -0.2) is 141 Å². The number of guanidine groups is 1. The number of nitrogens with two attached hydrogens (primary N) is 3. The largest absolute Gasteiger partial charge is 0.481 e. The van der Waals surface area contributed by atoms with Crippen molar-refractivity contribution in [2.75, 3.05) is 17.6 Å². The minimum Gasteiger partial charge on any atom is -0.481 e. The maximum atomic E-state index is 13.8. The molecule has 3 amide bonds. The van der Waals surface area contributed by atoms with Gasteiger partial charge in [-0.15, -0.1) is 0 Å². The lowest BCUT2D eigenvalue weighted by Crippen LogP contribution is -2.48. The normalized spacial score (nSPS) is 13.4. The Balaban J connectivity index is 1.70. The number of aliphatic imine (C=N–C) groups is 1. The van der Waals surface area contributed by atoms with Gasteiger partial charge in [0.25, 0.3) is 11.5 Å². The number of hydrogen-bond acceptors (Lipinski definition) is 18. The molecule has 3 rings (SSSR count). The number of amides is 3. The van der Waals surface area contributed by atoms with E-state index in [1.165, 1.54) is 30.5 Å². The summed E-state index contributed by atoms with van der Waals surface area (Å²) in [5.74, 6) is -19.0. The Morgan fingerprint density at radius 3 is 1.85 bits per heavy atom. The number of nitrogen functional groups attached to an aromatic ring is 1. The standard InChI is InChI=1S/C43H54N12O17/c1-19(40(69)70)11-29(57)28(16-33(63)64)53-38(67)22(15-32(61)62)13-30(58)26(3-2-10-47-42(44)45)51-37(66)21(14-31(59)60)12-25(56)8-9-27(41(71)72)52-36(65)20-4-6-23(7-5-20)48-17-24-18-49-35-34(50-24)39(68)55-43(46)54-35/h4-7,18-19,21-22,26-28,48H,2-3,8-17H2,1H3,(H,51,66)(H,52,65)(H,53,67)(H,59,60)(H,61,62)(H,63,64)(H,69,70)(H,71,72)(H4,44,45,47)(H3,46,49,54,55,68)/t19-,21+,22+,26+,27+,28+/m1/s1. The fourth-order valence-electron chi connectivity index (χ4n) is 6.84. The van der Waals surface area contributed by atoms with E-state index in [4.69, 9.17) is 17.2 Å². The average molecular weight is 1010 g/mol. The molecule has 0 spiro atoms. The number of ketones is 3. The van der Waals surface area contributed by atoms with Gasteiger partial charge in [-0.2, -0.15) is 4.98 Å². The van der Waals surface area contributed by atoms with E-state index in [2.05, 4.69) is 46.2 Å². The number of Topliss-reactive ketones (excluding diaryl/α,β-unsaturated/α-hetero) is 3. The van der Waals surface area contributed by atoms with Gasteiger partial charge < -0.3 is 64.0 Å². The molecule has 0 unspecified atom stereocenters. The van der Waals surface area contributed by atoms with Gasteiger partial charge in [-0.1, -0.05) is 6.92 Å². The van der Waals surface area contributed by atoms with Gasteiger partial charge in [-0.05, 0) is 43.5 Å². The smallest absolute Gasteiger partial charge is 0.326 e. The quantitative estimate of drug-likeness (QED) is 0.0185. The number of carbonyl (C=O) groups is 11. The van der Waals surface area contributed by atoms with Crippen molar-refractivity contribution >= 4 is 93.7 Å². The van der Waals surface area contributed by atoms with Gasteiger partial charge in [-0.25, -0.2) is 14.8 Å². The lowest BCUT2D eigenvalue weighted by atomic mass is 9.90. The van der Waals surface area contributed by atoms with Crippen LogP contribution in [-0.2, 0) is 54.5 Å². The second-order valence-electron chi connectivity index (χ2n) is 16.4. The van der Waals surface area contributed by atoms with E-state index in [0.29, 0.717) is 11.4 Å². The number of anilines is 2. The van der Waals surface area contributed by atoms with Crippen LogP contribution in [0.2, 0.25) is 0 Å². The number of carbonyl (C=O) groups excluding carboxylic acids is 6. The van der Waals surface area contributed by atoms with E-state index >= 15 is 0 Å².